The van der Waals surface area contributed by atoms with Gasteiger partial charge in [-0.2, -0.15) is 0 Å². The summed E-state index contributed by atoms with van der Waals surface area (Å²) in [4.78, 5) is 0. The van der Waals surface area contributed by atoms with Crippen LogP contribution in [0.5, 0.6) is 5.75 Å². The lowest BCUT2D eigenvalue weighted by atomic mass is 9.64. The average Bonchev–Trinajstić information content (AvgIpc) is 2.46. The molecular formula is C20H24O. The Labute approximate surface area is 127 Å². The number of rotatable bonds is 0. The molecule has 2 aliphatic rings. The minimum atomic E-state index is -0.0536. The summed E-state index contributed by atoms with van der Waals surface area (Å²) in [7, 11) is 0. The predicted molar refractivity (Wildman–Crippen MR) is 87.9 cm³/mol. The largest absolute Gasteiger partial charge is 0.487 e. The average molecular weight is 280 g/mol. The molecule has 1 fully saturated rings. The molecule has 110 valence electrons. The van der Waals surface area contributed by atoms with E-state index in [1.165, 1.54) is 35.6 Å². The highest BCUT2D eigenvalue weighted by Gasteiger charge is 2.46. The van der Waals surface area contributed by atoms with Crippen LogP contribution in [0, 0.1) is 11.8 Å². The van der Waals surface area contributed by atoms with Crippen molar-refractivity contribution in [1.82, 2.24) is 0 Å². The van der Waals surface area contributed by atoms with Crippen molar-refractivity contribution in [3.63, 3.8) is 0 Å². The minimum Gasteiger partial charge on any atom is -0.487 e. The fourth-order valence-electron chi connectivity index (χ4n) is 4.56. The summed E-state index contributed by atoms with van der Waals surface area (Å²) in [5.41, 5.74) is 1.40. The van der Waals surface area contributed by atoms with Gasteiger partial charge < -0.3 is 4.74 Å². The van der Waals surface area contributed by atoms with Gasteiger partial charge in [-0.25, -0.2) is 0 Å². The molecule has 1 heteroatoms. The lowest BCUT2D eigenvalue weighted by Gasteiger charge is -2.49. The van der Waals surface area contributed by atoms with Gasteiger partial charge in [0.15, 0.2) is 0 Å². The molecule has 3 unspecified atom stereocenters. The van der Waals surface area contributed by atoms with E-state index in [-0.39, 0.29) is 5.60 Å². The molecule has 0 aromatic heterocycles. The summed E-state index contributed by atoms with van der Waals surface area (Å²) in [6, 6.07) is 13.2. The molecule has 0 bridgehead atoms. The quantitative estimate of drug-likeness (QED) is 0.616. The Morgan fingerprint density at radius 2 is 1.86 bits per heavy atom. The molecule has 0 radical (unpaired) electrons. The van der Waals surface area contributed by atoms with Crippen molar-refractivity contribution in [2.24, 2.45) is 11.8 Å². The normalized spacial score (nSPS) is 30.3. The van der Waals surface area contributed by atoms with Gasteiger partial charge in [-0.3, -0.25) is 0 Å². The number of hydrogen-bond donors (Lipinski definition) is 0. The van der Waals surface area contributed by atoms with E-state index >= 15 is 0 Å². The van der Waals surface area contributed by atoms with Crippen LogP contribution in [0.15, 0.2) is 36.4 Å². The van der Waals surface area contributed by atoms with Crippen molar-refractivity contribution in [2.75, 3.05) is 0 Å². The van der Waals surface area contributed by atoms with Crippen molar-refractivity contribution in [3.8, 4) is 5.75 Å². The van der Waals surface area contributed by atoms with Crippen molar-refractivity contribution in [1.29, 1.82) is 0 Å². The van der Waals surface area contributed by atoms with E-state index in [0.29, 0.717) is 11.8 Å². The number of ether oxygens (including phenoxy) is 1. The van der Waals surface area contributed by atoms with Crippen LogP contribution in [0.25, 0.3) is 10.8 Å². The van der Waals surface area contributed by atoms with Crippen LogP contribution in [0.2, 0.25) is 0 Å². The molecule has 4 rings (SSSR count). The van der Waals surface area contributed by atoms with E-state index < -0.39 is 0 Å². The van der Waals surface area contributed by atoms with Gasteiger partial charge in [-0.05, 0) is 49.5 Å². The second kappa shape index (κ2) is 4.50. The summed E-state index contributed by atoms with van der Waals surface area (Å²) in [5, 5.41) is 2.56. The SMILES string of the molecule is CC1CCC2C(C1)c1ccc3ccccc3c1OC2(C)C. The summed E-state index contributed by atoms with van der Waals surface area (Å²) in [6.07, 6.45) is 3.95. The van der Waals surface area contributed by atoms with E-state index in [1.807, 2.05) is 0 Å². The van der Waals surface area contributed by atoms with Crippen molar-refractivity contribution >= 4 is 10.8 Å². The van der Waals surface area contributed by atoms with Gasteiger partial charge in [0.1, 0.15) is 11.4 Å². The zero-order valence-electron chi connectivity index (χ0n) is 13.2. The minimum absolute atomic E-state index is 0.0536. The summed E-state index contributed by atoms with van der Waals surface area (Å²) < 4.78 is 6.54. The third-order valence-corrected chi connectivity index (χ3v) is 5.68. The molecule has 1 nitrogen and oxygen atoms in total. The first-order chi connectivity index (χ1) is 10.1. The van der Waals surface area contributed by atoms with Crippen molar-refractivity contribution in [2.45, 2.75) is 51.6 Å². The van der Waals surface area contributed by atoms with Crippen LogP contribution in [-0.2, 0) is 0 Å². The van der Waals surface area contributed by atoms with Crippen molar-refractivity contribution < 1.29 is 4.74 Å². The zero-order chi connectivity index (χ0) is 14.6. The summed E-state index contributed by atoms with van der Waals surface area (Å²) >= 11 is 0. The molecule has 3 atom stereocenters. The van der Waals surface area contributed by atoms with Crippen LogP contribution < -0.4 is 4.74 Å². The second-order valence-electron chi connectivity index (χ2n) is 7.54. The number of hydrogen-bond acceptors (Lipinski definition) is 1. The van der Waals surface area contributed by atoms with Crippen LogP contribution >= 0.6 is 0 Å². The fraction of sp³-hybridized carbons (Fsp3) is 0.500. The highest BCUT2D eigenvalue weighted by molar-refractivity contribution is 5.90. The molecule has 1 saturated carbocycles. The highest BCUT2D eigenvalue weighted by atomic mass is 16.5. The second-order valence-corrected chi connectivity index (χ2v) is 7.54. The standard InChI is InChI=1S/C20H24O/c1-13-8-11-18-17(12-13)16-10-9-14-6-4-5-7-15(14)19(16)21-20(18,2)3/h4-7,9-10,13,17-18H,8,11-12H2,1-3H3. The maximum Gasteiger partial charge on any atom is 0.131 e. The van der Waals surface area contributed by atoms with Crippen LogP contribution in [0.1, 0.15) is 51.5 Å². The highest BCUT2D eigenvalue weighted by Crippen LogP contribution is 2.54. The third-order valence-electron chi connectivity index (χ3n) is 5.68. The van der Waals surface area contributed by atoms with Gasteiger partial charge in [0.2, 0.25) is 0 Å². The lowest BCUT2D eigenvalue weighted by Crippen LogP contribution is -2.46. The molecule has 0 amide bonds. The molecule has 0 saturated heterocycles. The third kappa shape index (κ3) is 1.97. The smallest absolute Gasteiger partial charge is 0.131 e. The van der Waals surface area contributed by atoms with Crippen molar-refractivity contribution in [3.05, 3.63) is 42.0 Å². The van der Waals surface area contributed by atoms with E-state index in [2.05, 4.69) is 57.2 Å². The maximum atomic E-state index is 6.54. The summed E-state index contributed by atoms with van der Waals surface area (Å²) in [6.45, 7) is 6.97. The molecule has 2 aromatic carbocycles. The predicted octanol–water partition coefficient (Wildman–Crippen LogP) is 5.53. The Hall–Kier alpha value is -1.50. The first kappa shape index (κ1) is 13.2. The molecule has 0 spiro atoms. The Bertz CT molecular complexity index is 685. The van der Waals surface area contributed by atoms with E-state index in [9.17, 15) is 0 Å². The maximum absolute atomic E-state index is 6.54. The van der Waals surface area contributed by atoms with Gasteiger partial charge in [0, 0.05) is 11.3 Å². The zero-order valence-corrected chi connectivity index (χ0v) is 13.2. The Morgan fingerprint density at radius 1 is 1.05 bits per heavy atom. The Balaban J connectivity index is 1.93. The van der Waals surface area contributed by atoms with Gasteiger partial charge in [0.25, 0.3) is 0 Å². The monoisotopic (exact) mass is 280 g/mol. The van der Waals surface area contributed by atoms with E-state index in [4.69, 9.17) is 4.74 Å². The summed E-state index contributed by atoms with van der Waals surface area (Å²) in [5.74, 6) is 3.30. The number of fused-ring (bicyclic) bond motifs is 5. The fourth-order valence-corrected chi connectivity index (χ4v) is 4.56. The first-order valence-corrected chi connectivity index (χ1v) is 8.27. The molecule has 2 aromatic rings. The van der Waals surface area contributed by atoms with Crippen LogP contribution in [0.4, 0.5) is 0 Å². The molecule has 1 aliphatic carbocycles. The van der Waals surface area contributed by atoms with Gasteiger partial charge in [-0.15, -0.1) is 0 Å². The molecule has 21 heavy (non-hydrogen) atoms. The molecule has 1 heterocycles. The van der Waals surface area contributed by atoms with Crippen LogP contribution in [0.3, 0.4) is 0 Å². The number of benzene rings is 2. The van der Waals surface area contributed by atoms with E-state index in [1.54, 1.807) is 0 Å². The van der Waals surface area contributed by atoms with Crippen LogP contribution in [-0.4, -0.2) is 5.60 Å². The Kier molecular flexibility index (Phi) is 2.82. The van der Waals surface area contributed by atoms with Gasteiger partial charge in [0.05, 0.1) is 0 Å². The lowest BCUT2D eigenvalue weighted by molar-refractivity contribution is -0.0121. The van der Waals surface area contributed by atoms with E-state index in [0.717, 1.165) is 11.7 Å². The topological polar surface area (TPSA) is 9.23 Å². The molecule has 1 aliphatic heterocycles. The molecular weight excluding hydrogens is 256 g/mol. The van der Waals surface area contributed by atoms with Gasteiger partial charge in [-0.1, -0.05) is 49.7 Å². The van der Waals surface area contributed by atoms with Gasteiger partial charge >= 0.3 is 0 Å². The Morgan fingerprint density at radius 3 is 2.71 bits per heavy atom. The first-order valence-electron chi connectivity index (χ1n) is 8.27. The molecule has 0 N–H and O–H groups in total.